The molecule has 2 rings (SSSR count). The van der Waals surface area contributed by atoms with Gasteiger partial charge in [0.2, 0.25) is 0 Å². The summed E-state index contributed by atoms with van der Waals surface area (Å²) in [5, 5.41) is 3.63. The molecular weight excluding hydrogens is 349 g/mol. The van der Waals surface area contributed by atoms with Crippen molar-refractivity contribution >= 4 is 22.6 Å². The van der Waals surface area contributed by atoms with E-state index in [1.54, 1.807) is 0 Å². The zero-order valence-corrected chi connectivity index (χ0v) is 14.0. The van der Waals surface area contributed by atoms with E-state index < -0.39 is 0 Å². The van der Waals surface area contributed by atoms with E-state index in [4.69, 9.17) is 4.74 Å². The third kappa shape index (κ3) is 4.72. The van der Waals surface area contributed by atoms with E-state index in [0.717, 1.165) is 25.5 Å². The minimum Gasteiger partial charge on any atom is -0.377 e. The number of likely N-dealkylation sites (N-methyl/N-ethyl adjacent to an activating group) is 1. The maximum atomic E-state index is 6.01. The summed E-state index contributed by atoms with van der Waals surface area (Å²) in [4.78, 5) is 0. The van der Waals surface area contributed by atoms with E-state index in [1.807, 2.05) is 0 Å². The van der Waals surface area contributed by atoms with Crippen LogP contribution in [-0.2, 0) is 11.2 Å². The molecule has 0 aliphatic heterocycles. The minimum absolute atomic E-state index is 0.379. The zero-order chi connectivity index (χ0) is 13.7. The van der Waals surface area contributed by atoms with Crippen molar-refractivity contribution in [2.24, 2.45) is 5.92 Å². The maximum absolute atomic E-state index is 6.01. The van der Waals surface area contributed by atoms with Gasteiger partial charge in [0.05, 0.1) is 6.10 Å². The summed E-state index contributed by atoms with van der Waals surface area (Å²) < 4.78 is 7.31. The van der Waals surface area contributed by atoms with Gasteiger partial charge in [-0.25, -0.2) is 0 Å². The lowest BCUT2D eigenvalue weighted by atomic mass is 9.98. The Balaban J connectivity index is 2.03. The molecule has 1 aliphatic carbocycles. The normalized spacial score (nSPS) is 18.3. The number of hydrogen-bond acceptors (Lipinski definition) is 2. The second-order valence-electron chi connectivity index (χ2n) is 5.25. The fourth-order valence-corrected chi connectivity index (χ4v) is 3.00. The van der Waals surface area contributed by atoms with Crippen LogP contribution in [-0.4, -0.2) is 25.3 Å². The molecule has 1 aliphatic rings. The highest BCUT2D eigenvalue weighted by Crippen LogP contribution is 2.36. The number of ether oxygens (including phenoxy) is 1. The van der Waals surface area contributed by atoms with E-state index in [2.05, 4.69) is 66.0 Å². The van der Waals surface area contributed by atoms with Crippen LogP contribution < -0.4 is 5.32 Å². The molecule has 0 heterocycles. The molecular formula is C16H24INO. The van der Waals surface area contributed by atoms with Crippen LogP contribution in [0.15, 0.2) is 24.3 Å². The first-order chi connectivity index (χ1) is 9.24. The van der Waals surface area contributed by atoms with Crippen LogP contribution in [0.2, 0.25) is 0 Å². The molecule has 0 saturated heterocycles. The van der Waals surface area contributed by atoms with Gasteiger partial charge in [0.15, 0.2) is 0 Å². The quantitative estimate of drug-likeness (QED) is 0.703. The number of rotatable bonds is 8. The summed E-state index contributed by atoms with van der Waals surface area (Å²) in [5.41, 5.74) is 1.40. The Labute approximate surface area is 130 Å². The molecule has 2 nitrogen and oxygen atoms in total. The van der Waals surface area contributed by atoms with Crippen molar-refractivity contribution in [1.82, 2.24) is 5.32 Å². The predicted octanol–water partition coefficient (Wildman–Crippen LogP) is 3.63. The molecule has 3 heteroatoms. The lowest BCUT2D eigenvalue weighted by Gasteiger charge is -2.28. The summed E-state index contributed by atoms with van der Waals surface area (Å²) >= 11 is 2.35. The van der Waals surface area contributed by atoms with Gasteiger partial charge < -0.3 is 10.1 Å². The van der Waals surface area contributed by atoms with Crippen LogP contribution in [0, 0.1) is 9.49 Å². The summed E-state index contributed by atoms with van der Waals surface area (Å²) in [5.74, 6) is 0.771. The lowest BCUT2D eigenvalue weighted by molar-refractivity contribution is 0.0196. The summed E-state index contributed by atoms with van der Waals surface area (Å²) in [7, 11) is 0. The summed E-state index contributed by atoms with van der Waals surface area (Å²) in [6.45, 7) is 6.10. The van der Waals surface area contributed by atoms with Crippen molar-refractivity contribution < 1.29 is 4.74 Å². The van der Waals surface area contributed by atoms with Crippen molar-refractivity contribution in [3.05, 3.63) is 33.4 Å². The fourth-order valence-electron chi connectivity index (χ4n) is 2.64. The Morgan fingerprint density at radius 2 is 1.95 bits per heavy atom. The standard InChI is InChI=1S/C16H24INO/c1-3-18-15(16(19-4-2)13-7-8-13)11-12-5-9-14(17)10-6-12/h5-6,9-10,13,15-16,18H,3-4,7-8,11H2,1-2H3. The van der Waals surface area contributed by atoms with Gasteiger partial charge in [-0.1, -0.05) is 19.1 Å². The summed E-state index contributed by atoms with van der Waals surface area (Å²) in [6.07, 6.45) is 4.11. The van der Waals surface area contributed by atoms with Gasteiger partial charge >= 0.3 is 0 Å². The zero-order valence-electron chi connectivity index (χ0n) is 11.9. The highest BCUT2D eigenvalue weighted by Gasteiger charge is 2.36. The molecule has 1 N–H and O–H groups in total. The van der Waals surface area contributed by atoms with Crippen molar-refractivity contribution in [3.8, 4) is 0 Å². The summed E-state index contributed by atoms with van der Waals surface area (Å²) in [6, 6.07) is 9.29. The van der Waals surface area contributed by atoms with Crippen LogP contribution in [0.4, 0.5) is 0 Å². The van der Waals surface area contributed by atoms with Crippen LogP contribution in [0.5, 0.6) is 0 Å². The van der Waals surface area contributed by atoms with Crippen LogP contribution in [0.1, 0.15) is 32.3 Å². The molecule has 1 aromatic rings. The Bertz CT molecular complexity index is 375. The van der Waals surface area contributed by atoms with Gasteiger partial charge in [-0.2, -0.15) is 0 Å². The first kappa shape index (κ1) is 15.3. The first-order valence-corrected chi connectivity index (χ1v) is 8.41. The van der Waals surface area contributed by atoms with Crippen molar-refractivity contribution in [1.29, 1.82) is 0 Å². The topological polar surface area (TPSA) is 21.3 Å². The lowest BCUT2D eigenvalue weighted by Crippen LogP contribution is -2.44. The van der Waals surface area contributed by atoms with Gasteiger partial charge in [0, 0.05) is 16.2 Å². The van der Waals surface area contributed by atoms with E-state index >= 15 is 0 Å². The molecule has 0 aromatic heterocycles. The molecule has 2 atom stereocenters. The largest absolute Gasteiger partial charge is 0.377 e. The minimum atomic E-state index is 0.379. The molecule has 1 saturated carbocycles. The third-order valence-corrected chi connectivity index (χ3v) is 4.40. The third-order valence-electron chi connectivity index (χ3n) is 3.68. The highest BCUT2D eigenvalue weighted by molar-refractivity contribution is 14.1. The molecule has 19 heavy (non-hydrogen) atoms. The molecule has 2 unspecified atom stereocenters. The fraction of sp³-hybridized carbons (Fsp3) is 0.625. The second kappa shape index (κ2) is 7.60. The molecule has 1 aromatic carbocycles. The number of halogens is 1. The molecule has 0 radical (unpaired) electrons. The number of nitrogens with one attached hydrogen (secondary N) is 1. The molecule has 0 spiro atoms. The van der Waals surface area contributed by atoms with Gasteiger partial charge in [-0.15, -0.1) is 0 Å². The van der Waals surface area contributed by atoms with Crippen LogP contribution in [0.3, 0.4) is 0 Å². The Morgan fingerprint density at radius 3 is 2.47 bits per heavy atom. The monoisotopic (exact) mass is 373 g/mol. The first-order valence-electron chi connectivity index (χ1n) is 7.34. The van der Waals surface area contributed by atoms with Gasteiger partial charge in [-0.3, -0.25) is 0 Å². The average molecular weight is 373 g/mol. The molecule has 0 bridgehead atoms. The van der Waals surface area contributed by atoms with Gasteiger partial charge in [0.25, 0.3) is 0 Å². The molecule has 1 fully saturated rings. The number of benzene rings is 1. The van der Waals surface area contributed by atoms with E-state index in [0.29, 0.717) is 12.1 Å². The van der Waals surface area contributed by atoms with E-state index in [9.17, 15) is 0 Å². The Hall–Kier alpha value is -0.130. The van der Waals surface area contributed by atoms with Gasteiger partial charge in [-0.05, 0) is 78.9 Å². The van der Waals surface area contributed by atoms with E-state index in [1.165, 1.54) is 22.0 Å². The van der Waals surface area contributed by atoms with Crippen molar-refractivity contribution in [3.63, 3.8) is 0 Å². The van der Waals surface area contributed by atoms with Crippen molar-refractivity contribution in [2.45, 2.75) is 45.3 Å². The Kier molecular flexibility index (Phi) is 6.10. The van der Waals surface area contributed by atoms with E-state index in [-0.39, 0.29) is 0 Å². The molecule has 106 valence electrons. The van der Waals surface area contributed by atoms with Crippen LogP contribution >= 0.6 is 22.6 Å². The maximum Gasteiger partial charge on any atom is 0.0759 e. The van der Waals surface area contributed by atoms with Crippen LogP contribution in [0.25, 0.3) is 0 Å². The van der Waals surface area contributed by atoms with Crippen molar-refractivity contribution in [2.75, 3.05) is 13.2 Å². The average Bonchev–Trinajstić information content (AvgIpc) is 3.22. The predicted molar refractivity (Wildman–Crippen MR) is 88.5 cm³/mol. The second-order valence-corrected chi connectivity index (χ2v) is 6.50. The Morgan fingerprint density at radius 1 is 1.26 bits per heavy atom. The highest BCUT2D eigenvalue weighted by atomic mass is 127. The van der Waals surface area contributed by atoms with Gasteiger partial charge in [0.1, 0.15) is 0 Å². The molecule has 0 amide bonds. The number of hydrogen-bond donors (Lipinski definition) is 1. The SMILES string of the molecule is CCNC(Cc1ccc(I)cc1)C(OCC)C1CC1. The smallest absolute Gasteiger partial charge is 0.0759 e.